The fourth-order valence-corrected chi connectivity index (χ4v) is 2.89. The molecule has 5 nitrogen and oxygen atoms in total. The van der Waals surface area contributed by atoms with Crippen molar-refractivity contribution in [2.24, 2.45) is 0 Å². The Morgan fingerprint density at radius 2 is 1.95 bits per heavy atom. The zero-order valence-electron chi connectivity index (χ0n) is 12.8. The number of carbonyl (C=O) groups is 1. The van der Waals surface area contributed by atoms with E-state index in [1.807, 2.05) is 49.1 Å². The highest BCUT2D eigenvalue weighted by Gasteiger charge is 2.33. The second kappa shape index (κ2) is 5.75. The van der Waals surface area contributed by atoms with E-state index in [2.05, 4.69) is 9.97 Å². The topological polar surface area (TPSA) is 66.3 Å². The van der Waals surface area contributed by atoms with Gasteiger partial charge in [-0.1, -0.05) is 30.3 Å². The van der Waals surface area contributed by atoms with Crippen LogP contribution in [0.3, 0.4) is 0 Å². The van der Waals surface area contributed by atoms with Crippen LogP contribution in [0.2, 0.25) is 0 Å². The number of aryl methyl sites for hydroxylation is 1. The summed E-state index contributed by atoms with van der Waals surface area (Å²) in [6.07, 6.45) is 1.54. The predicted molar refractivity (Wildman–Crippen MR) is 84.9 cm³/mol. The molecule has 3 rings (SSSR count). The van der Waals surface area contributed by atoms with Crippen molar-refractivity contribution < 1.29 is 9.90 Å². The Hall–Kier alpha value is -2.43. The minimum Gasteiger partial charge on any atom is -0.480 e. The van der Waals surface area contributed by atoms with Crippen molar-refractivity contribution in [1.29, 1.82) is 0 Å². The second-order valence-electron chi connectivity index (χ2n) is 5.64. The van der Waals surface area contributed by atoms with Gasteiger partial charge < -0.3 is 10.0 Å². The predicted octanol–water partition coefficient (Wildman–Crippen LogP) is 2.81. The molecule has 0 radical (unpaired) electrons. The van der Waals surface area contributed by atoms with Gasteiger partial charge in [0, 0.05) is 23.4 Å². The van der Waals surface area contributed by atoms with Gasteiger partial charge in [-0.2, -0.15) is 0 Å². The molecule has 0 saturated carbocycles. The molecule has 5 heteroatoms. The lowest BCUT2D eigenvalue weighted by atomic mass is 10.1. The van der Waals surface area contributed by atoms with E-state index >= 15 is 0 Å². The first-order valence-electron chi connectivity index (χ1n) is 7.48. The van der Waals surface area contributed by atoms with E-state index in [9.17, 15) is 9.90 Å². The minimum atomic E-state index is -0.783. The first-order valence-corrected chi connectivity index (χ1v) is 7.48. The van der Waals surface area contributed by atoms with Crippen LogP contribution in [0.1, 0.15) is 24.1 Å². The largest absolute Gasteiger partial charge is 0.480 e. The van der Waals surface area contributed by atoms with E-state index in [-0.39, 0.29) is 0 Å². The molecule has 2 heterocycles. The summed E-state index contributed by atoms with van der Waals surface area (Å²) in [4.78, 5) is 22.6. The van der Waals surface area contributed by atoms with Crippen molar-refractivity contribution in [2.75, 3.05) is 11.4 Å². The van der Waals surface area contributed by atoms with Crippen molar-refractivity contribution in [1.82, 2.24) is 9.97 Å². The number of carboxylic acids is 1. The molecule has 0 bridgehead atoms. The monoisotopic (exact) mass is 297 g/mol. The normalized spacial score (nSPS) is 17.7. The van der Waals surface area contributed by atoms with Crippen molar-refractivity contribution in [3.05, 3.63) is 41.6 Å². The van der Waals surface area contributed by atoms with Crippen LogP contribution in [0.15, 0.2) is 30.3 Å². The van der Waals surface area contributed by atoms with Crippen molar-refractivity contribution in [3.63, 3.8) is 0 Å². The highest BCUT2D eigenvalue weighted by Crippen LogP contribution is 2.30. The number of aromatic nitrogens is 2. The summed E-state index contributed by atoms with van der Waals surface area (Å²) in [5.74, 6) is 0.611. The van der Waals surface area contributed by atoms with Gasteiger partial charge in [-0.15, -0.1) is 0 Å². The van der Waals surface area contributed by atoms with E-state index in [1.165, 1.54) is 0 Å². The lowest BCUT2D eigenvalue weighted by Crippen LogP contribution is -2.37. The zero-order valence-corrected chi connectivity index (χ0v) is 12.8. The summed E-state index contributed by atoms with van der Waals surface area (Å²) < 4.78 is 0. The number of benzene rings is 1. The maximum atomic E-state index is 11.5. The van der Waals surface area contributed by atoms with Crippen LogP contribution in [-0.2, 0) is 4.79 Å². The molecule has 2 aromatic rings. The number of anilines is 1. The molecule has 1 aromatic carbocycles. The van der Waals surface area contributed by atoms with Crippen LogP contribution in [0.4, 0.5) is 5.82 Å². The summed E-state index contributed by atoms with van der Waals surface area (Å²) >= 11 is 0. The van der Waals surface area contributed by atoms with Gasteiger partial charge in [-0.05, 0) is 26.7 Å². The Kier molecular flexibility index (Phi) is 3.79. The second-order valence-corrected chi connectivity index (χ2v) is 5.64. The summed E-state index contributed by atoms with van der Waals surface area (Å²) in [5.41, 5.74) is 2.78. The smallest absolute Gasteiger partial charge is 0.326 e. The third kappa shape index (κ3) is 2.54. The molecule has 1 aliphatic rings. The van der Waals surface area contributed by atoms with E-state index in [0.29, 0.717) is 12.2 Å². The molecule has 0 unspecified atom stereocenters. The molecule has 1 aliphatic heterocycles. The van der Waals surface area contributed by atoms with E-state index in [4.69, 9.17) is 0 Å². The summed E-state index contributed by atoms with van der Waals surface area (Å²) in [6, 6.07) is 9.29. The van der Waals surface area contributed by atoms with Crippen LogP contribution < -0.4 is 4.90 Å². The van der Waals surface area contributed by atoms with Gasteiger partial charge in [0.05, 0.1) is 0 Å². The van der Waals surface area contributed by atoms with Crippen LogP contribution in [-0.4, -0.2) is 33.6 Å². The van der Waals surface area contributed by atoms with Gasteiger partial charge in [-0.3, -0.25) is 0 Å². The number of hydrogen-bond donors (Lipinski definition) is 1. The van der Waals surface area contributed by atoms with E-state index in [1.54, 1.807) is 0 Å². The Bertz CT molecular complexity index is 701. The lowest BCUT2D eigenvalue weighted by molar-refractivity contribution is -0.138. The van der Waals surface area contributed by atoms with Crippen LogP contribution in [0.5, 0.6) is 0 Å². The minimum absolute atomic E-state index is 0.489. The molecular formula is C17H19N3O2. The van der Waals surface area contributed by atoms with E-state index in [0.717, 1.165) is 35.6 Å². The molecule has 0 amide bonds. The molecule has 0 spiro atoms. The molecule has 1 atom stereocenters. The van der Waals surface area contributed by atoms with Gasteiger partial charge in [0.1, 0.15) is 11.9 Å². The fourth-order valence-electron chi connectivity index (χ4n) is 2.89. The molecule has 0 aliphatic carbocycles. The summed E-state index contributed by atoms with van der Waals surface area (Å²) in [7, 11) is 0. The maximum absolute atomic E-state index is 11.5. The van der Waals surface area contributed by atoms with Gasteiger partial charge in [0.2, 0.25) is 0 Å². The standard InChI is InChI=1S/C17H19N3O2/c1-11-12(2)18-15(13-7-4-3-5-8-13)19-16(11)20-10-6-9-14(20)17(21)22/h3-5,7-8,14H,6,9-10H2,1-2H3,(H,21,22)/t14-/m0/s1. The fraction of sp³-hybridized carbons (Fsp3) is 0.353. The molecular weight excluding hydrogens is 278 g/mol. The Balaban J connectivity index is 2.08. The molecule has 1 fully saturated rings. The lowest BCUT2D eigenvalue weighted by Gasteiger charge is -2.25. The van der Waals surface area contributed by atoms with Gasteiger partial charge >= 0.3 is 5.97 Å². The number of carboxylic acid groups (broad SMARTS) is 1. The number of rotatable bonds is 3. The summed E-state index contributed by atoms with van der Waals surface area (Å²) in [5, 5.41) is 9.41. The number of nitrogens with zero attached hydrogens (tertiary/aromatic N) is 3. The van der Waals surface area contributed by atoms with Gasteiger partial charge in [0.15, 0.2) is 5.82 Å². The first kappa shape index (κ1) is 14.5. The Morgan fingerprint density at radius 1 is 1.23 bits per heavy atom. The number of hydrogen-bond acceptors (Lipinski definition) is 4. The SMILES string of the molecule is Cc1nc(-c2ccccc2)nc(N2CCC[C@H]2C(=O)O)c1C. The van der Waals surface area contributed by atoms with Crippen LogP contribution >= 0.6 is 0 Å². The van der Waals surface area contributed by atoms with Gasteiger partial charge in [-0.25, -0.2) is 14.8 Å². The van der Waals surface area contributed by atoms with Crippen LogP contribution in [0.25, 0.3) is 11.4 Å². The van der Waals surface area contributed by atoms with E-state index < -0.39 is 12.0 Å². The first-order chi connectivity index (χ1) is 10.6. The maximum Gasteiger partial charge on any atom is 0.326 e. The molecule has 1 saturated heterocycles. The highest BCUT2D eigenvalue weighted by atomic mass is 16.4. The zero-order chi connectivity index (χ0) is 15.7. The average Bonchev–Trinajstić information content (AvgIpc) is 3.00. The van der Waals surface area contributed by atoms with Crippen molar-refractivity contribution in [3.8, 4) is 11.4 Å². The third-order valence-corrected chi connectivity index (χ3v) is 4.21. The quantitative estimate of drug-likeness (QED) is 0.943. The van der Waals surface area contributed by atoms with Crippen molar-refractivity contribution in [2.45, 2.75) is 32.7 Å². The van der Waals surface area contributed by atoms with Crippen molar-refractivity contribution >= 4 is 11.8 Å². The molecule has 1 aromatic heterocycles. The average molecular weight is 297 g/mol. The molecule has 114 valence electrons. The van der Waals surface area contributed by atoms with Crippen LogP contribution in [0, 0.1) is 13.8 Å². The third-order valence-electron chi connectivity index (χ3n) is 4.21. The Morgan fingerprint density at radius 3 is 2.64 bits per heavy atom. The molecule has 1 N–H and O–H groups in total. The number of aliphatic carboxylic acids is 1. The Labute approximate surface area is 129 Å². The molecule has 22 heavy (non-hydrogen) atoms. The van der Waals surface area contributed by atoms with Gasteiger partial charge in [0.25, 0.3) is 0 Å². The highest BCUT2D eigenvalue weighted by molar-refractivity contribution is 5.79. The summed E-state index contributed by atoms with van der Waals surface area (Å²) in [6.45, 7) is 4.62.